The molecular formula is C15H27N3. The van der Waals surface area contributed by atoms with Gasteiger partial charge in [-0.25, -0.2) is 0 Å². The van der Waals surface area contributed by atoms with Crippen molar-refractivity contribution in [1.82, 2.24) is 9.78 Å². The molecule has 1 heterocycles. The Morgan fingerprint density at radius 3 is 2.39 bits per heavy atom. The summed E-state index contributed by atoms with van der Waals surface area (Å²) < 4.78 is 1.93. The fraction of sp³-hybridized carbons (Fsp3) is 0.800. The maximum atomic E-state index is 4.57. The zero-order valence-electron chi connectivity index (χ0n) is 12.1. The van der Waals surface area contributed by atoms with Gasteiger partial charge in [0.05, 0.1) is 11.4 Å². The number of aryl methyl sites for hydroxylation is 1. The normalized spacial score (nSPS) is 18.7. The molecule has 2 rings (SSSR count). The lowest BCUT2D eigenvalue weighted by molar-refractivity contribution is 0.471. The van der Waals surface area contributed by atoms with E-state index in [-0.39, 0.29) is 0 Å². The van der Waals surface area contributed by atoms with Crippen LogP contribution in [0.2, 0.25) is 0 Å². The van der Waals surface area contributed by atoms with Crippen LogP contribution in [0.15, 0.2) is 6.20 Å². The Morgan fingerprint density at radius 1 is 1.17 bits per heavy atom. The summed E-state index contributed by atoms with van der Waals surface area (Å²) in [5, 5.41) is 8.31. The highest BCUT2D eigenvalue weighted by atomic mass is 15.3. The predicted octanol–water partition coefficient (Wildman–Crippen LogP) is 4.07. The number of nitrogens with one attached hydrogen (secondary N) is 1. The predicted molar refractivity (Wildman–Crippen MR) is 77.0 cm³/mol. The Balaban J connectivity index is 2.02. The molecule has 1 N–H and O–H groups in total. The third kappa shape index (κ3) is 3.50. The highest BCUT2D eigenvalue weighted by Gasteiger charge is 2.16. The number of hydrogen-bond donors (Lipinski definition) is 1. The molecule has 1 aliphatic rings. The molecule has 1 aliphatic carbocycles. The van der Waals surface area contributed by atoms with Gasteiger partial charge in [0.25, 0.3) is 0 Å². The molecule has 1 saturated carbocycles. The first-order chi connectivity index (χ1) is 8.66. The van der Waals surface area contributed by atoms with Crippen molar-refractivity contribution in [2.45, 2.75) is 70.8 Å². The van der Waals surface area contributed by atoms with Crippen molar-refractivity contribution < 1.29 is 0 Å². The smallest absolute Gasteiger partial charge is 0.0881 e. The molecule has 0 amide bonds. The first-order valence-electron chi connectivity index (χ1n) is 7.47. The minimum absolute atomic E-state index is 0.488. The second kappa shape index (κ2) is 6.26. The first-order valence-corrected chi connectivity index (χ1v) is 7.47. The second-order valence-electron chi connectivity index (χ2n) is 5.94. The molecule has 0 aliphatic heterocycles. The summed E-state index contributed by atoms with van der Waals surface area (Å²) >= 11 is 0. The molecular weight excluding hydrogens is 222 g/mol. The van der Waals surface area contributed by atoms with E-state index in [0.29, 0.717) is 12.0 Å². The monoisotopic (exact) mass is 249 g/mol. The molecule has 0 aromatic carbocycles. The zero-order valence-corrected chi connectivity index (χ0v) is 12.1. The van der Waals surface area contributed by atoms with Crippen molar-refractivity contribution in [3.05, 3.63) is 11.9 Å². The molecule has 3 nitrogen and oxygen atoms in total. The quantitative estimate of drug-likeness (QED) is 0.875. The van der Waals surface area contributed by atoms with E-state index < -0.39 is 0 Å². The van der Waals surface area contributed by atoms with Gasteiger partial charge in [-0.3, -0.25) is 4.68 Å². The van der Waals surface area contributed by atoms with Crippen molar-refractivity contribution in [2.75, 3.05) is 5.32 Å². The van der Waals surface area contributed by atoms with Crippen LogP contribution in [0.3, 0.4) is 0 Å². The van der Waals surface area contributed by atoms with Crippen LogP contribution in [-0.4, -0.2) is 15.8 Å². The minimum Gasteiger partial charge on any atom is -0.380 e. The lowest BCUT2D eigenvalue weighted by atomic mass is 9.96. The Kier molecular flexibility index (Phi) is 4.67. The minimum atomic E-state index is 0.488. The summed E-state index contributed by atoms with van der Waals surface area (Å²) in [4.78, 5) is 0. The lowest BCUT2D eigenvalue weighted by Crippen LogP contribution is -2.21. The second-order valence-corrected chi connectivity index (χ2v) is 5.94. The standard InChI is InChI=1S/C15H27N3/c1-12(2)15-14(11-18(3)17-15)16-13-9-7-5-4-6-8-10-13/h11-13,16H,4-10H2,1-3H3. The van der Waals surface area contributed by atoms with E-state index in [1.807, 2.05) is 11.7 Å². The SMILES string of the molecule is CC(C)c1nn(C)cc1NC1CCCCCCC1. The Morgan fingerprint density at radius 2 is 1.78 bits per heavy atom. The molecule has 1 aromatic heterocycles. The highest BCUT2D eigenvalue weighted by Crippen LogP contribution is 2.26. The molecule has 1 aromatic rings. The molecule has 0 bridgehead atoms. The fourth-order valence-corrected chi connectivity index (χ4v) is 2.86. The molecule has 18 heavy (non-hydrogen) atoms. The summed E-state index contributed by atoms with van der Waals surface area (Å²) in [6, 6.07) is 0.645. The van der Waals surface area contributed by atoms with Crippen LogP contribution in [0.1, 0.15) is 70.4 Å². The summed E-state index contributed by atoms with van der Waals surface area (Å²) in [6.07, 6.45) is 11.7. The largest absolute Gasteiger partial charge is 0.380 e. The number of aromatic nitrogens is 2. The lowest BCUT2D eigenvalue weighted by Gasteiger charge is -2.22. The van der Waals surface area contributed by atoms with Gasteiger partial charge in [0.2, 0.25) is 0 Å². The third-order valence-electron chi connectivity index (χ3n) is 3.87. The van der Waals surface area contributed by atoms with Crippen molar-refractivity contribution in [2.24, 2.45) is 7.05 Å². The van der Waals surface area contributed by atoms with Gasteiger partial charge in [0, 0.05) is 19.3 Å². The molecule has 1 fully saturated rings. The number of rotatable bonds is 3. The molecule has 0 saturated heterocycles. The number of anilines is 1. The van der Waals surface area contributed by atoms with Crippen LogP contribution in [0.5, 0.6) is 0 Å². The van der Waals surface area contributed by atoms with Crippen LogP contribution in [0.4, 0.5) is 5.69 Å². The third-order valence-corrected chi connectivity index (χ3v) is 3.87. The summed E-state index contributed by atoms with van der Waals surface area (Å²) in [5.41, 5.74) is 2.46. The van der Waals surface area contributed by atoms with Crippen molar-refractivity contribution in [3.63, 3.8) is 0 Å². The van der Waals surface area contributed by atoms with Crippen LogP contribution < -0.4 is 5.32 Å². The molecule has 0 unspecified atom stereocenters. The molecule has 0 spiro atoms. The topological polar surface area (TPSA) is 29.9 Å². The summed E-state index contributed by atoms with van der Waals surface area (Å²) in [6.45, 7) is 4.43. The maximum absolute atomic E-state index is 4.57. The summed E-state index contributed by atoms with van der Waals surface area (Å²) in [7, 11) is 2.01. The maximum Gasteiger partial charge on any atom is 0.0881 e. The van der Waals surface area contributed by atoms with Gasteiger partial charge in [-0.15, -0.1) is 0 Å². The average Bonchev–Trinajstić information content (AvgIpc) is 2.63. The number of hydrogen-bond acceptors (Lipinski definition) is 2. The van der Waals surface area contributed by atoms with Gasteiger partial charge >= 0.3 is 0 Å². The van der Waals surface area contributed by atoms with Crippen LogP contribution in [0.25, 0.3) is 0 Å². The van der Waals surface area contributed by atoms with Crippen molar-refractivity contribution >= 4 is 5.69 Å². The Hall–Kier alpha value is -0.990. The highest BCUT2D eigenvalue weighted by molar-refractivity contribution is 5.48. The van der Waals surface area contributed by atoms with E-state index in [2.05, 4.69) is 30.5 Å². The van der Waals surface area contributed by atoms with Gasteiger partial charge in [0.1, 0.15) is 0 Å². The van der Waals surface area contributed by atoms with Crippen molar-refractivity contribution in [3.8, 4) is 0 Å². The van der Waals surface area contributed by atoms with Crippen LogP contribution in [-0.2, 0) is 7.05 Å². The van der Waals surface area contributed by atoms with E-state index in [1.54, 1.807) is 0 Å². The van der Waals surface area contributed by atoms with Gasteiger partial charge < -0.3 is 5.32 Å². The average molecular weight is 249 g/mol. The summed E-state index contributed by atoms with van der Waals surface area (Å²) in [5.74, 6) is 0.488. The molecule has 3 heteroatoms. The van der Waals surface area contributed by atoms with E-state index in [0.717, 1.165) is 0 Å². The number of nitrogens with zero attached hydrogens (tertiary/aromatic N) is 2. The Labute approximate surface area is 111 Å². The van der Waals surface area contributed by atoms with E-state index >= 15 is 0 Å². The van der Waals surface area contributed by atoms with Gasteiger partial charge in [-0.1, -0.05) is 46.0 Å². The van der Waals surface area contributed by atoms with Gasteiger partial charge in [0.15, 0.2) is 0 Å². The van der Waals surface area contributed by atoms with Crippen molar-refractivity contribution in [1.29, 1.82) is 0 Å². The zero-order chi connectivity index (χ0) is 13.0. The van der Waals surface area contributed by atoms with Gasteiger partial charge in [-0.2, -0.15) is 5.10 Å². The molecule has 0 atom stereocenters. The van der Waals surface area contributed by atoms with E-state index in [4.69, 9.17) is 0 Å². The van der Waals surface area contributed by atoms with E-state index in [1.165, 1.54) is 56.3 Å². The molecule has 0 radical (unpaired) electrons. The van der Waals surface area contributed by atoms with Gasteiger partial charge in [-0.05, 0) is 18.8 Å². The van der Waals surface area contributed by atoms with Crippen LogP contribution >= 0.6 is 0 Å². The van der Waals surface area contributed by atoms with E-state index in [9.17, 15) is 0 Å². The van der Waals surface area contributed by atoms with Crippen LogP contribution in [0, 0.1) is 0 Å². The Bertz CT molecular complexity index is 360. The first kappa shape index (κ1) is 13.4. The molecule has 102 valence electrons. The fourth-order valence-electron chi connectivity index (χ4n) is 2.86.